The minimum atomic E-state index is -0.467. The molecular formula is C15H12FN3OS. The number of halogens is 1. The van der Waals surface area contributed by atoms with Crippen molar-refractivity contribution in [2.24, 2.45) is 0 Å². The Kier molecular flexibility index (Phi) is 3.62. The quantitative estimate of drug-likeness (QED) is 0.588. The maximum Gasteiger partial charge on any atom is 0.258 e. The van der Waals surface area contributed by atoms with E-state index in [1.807, 2.05) is 30.5 Å². The van der Waals surface area contributed by atoms with Gasteiger partial charge in [0.25, 0.3) is 5.89 Å². The number of thioether (sulfide) groups is 1. The third-order valence-corrected chi connectivity index (χ3v) is 3.76. The second kappa shape index (κ2) is 5.57. The summed E-state index contributed by atoms with van der Waals surface area (Å²) in [4.78, 5) is 5.48. The van der Waals surface area contributed by atoms with Crippen molar-refractivity contribution >= 4 is 17.4 Å². The summed E-state index contributed by atoms with van der Waals surface area (Å²) in [7, 11) is 0. The number of hydrogen-bond donors (Lipinski definition) is 1. The molecule has 0 fully saturated rings. The molecule has 0 radical (unpaired) electrons. The van der Waals surface area contributed by atoms with Crippen LogP contribution >= 0.6 is 11.8 Å². The van der Waals surface area contributed by atoms with Gasteiger partial charge < -0.3 is 10.3 Å². The van der Waals surface area contributed by atoms with Gasteiger partial charge in [0.15, 0.2) is 0 Å². The highest BCUT2D eigenvalue weighted by Crippen LogP contribution is 2.25. The van der Waals surface area contributed by atoms with Crippen LogP contribution in [-0.2, 0) is 0 Å². The highest BCUT2D eigenvalue weighted by atomic mass is 32.2. The van der Waals surface area contributed by atoms with Crippen LogP contribution in [0.15, 0.2) is 51.9 Å². The van der Waals surface area contributed by atoms with Crippen molar-refractivity contribution in [1.82, 2.24) is 10.1 Å². The van der Waals surface area contributed by atoms with E-state index in [9.17, 15) is 4.39 Å². The fourth-order valence-corrected chi connectivity index (χ4v) is 2.28. The third-order valence-electron chi connectivity index (χ3n) is 3.02. The molecule has 0 unspecified atom stereocenters. The summed E-state index contributed by atoms with van der Waals surface area (Å²) in [5, 5.41) is 3.94. The zero-order valence-corrected chi connectivity index (χ0v) is 12.0. The molecule has 2 N–H and O–H groups in total. The maximum absolute atomic E-state index is 13.2. The van der Waals surface area contributed by atoms with E-state index >= 15 is 0 Å². The van der Waals surface area contributed by atoms with Crippen molar-refractivity contribution in [1.29, 1.82) is 0 Å². The van der Waals surface area contributed by atoms with Crippen LogP contribution in [0.1, 0.15) is 0 Å². The van der Waals surface area contributed by atoms with Gasteiger partial charge in [0, 0.05) is 16.0 Å². The monoisotopic (exact) mass is 301 g/mol. The van der Waals surface area contributed by atoms with Gasteiger partial charge in [-0.15, -0.1) is 11.8 Å². The first-order chi connectivity index (χ1) is 10.2. The average Bonchev–Trinajstić information content (AvgIpc) is 3.00. The van der Waals surface area contributed by atoms with Crippen LogP contribution in [0.4, 0.5) is 10.1 Å². The number of nitrogens with two attached hydrogens (primary N) is 1. The average molecular weight is 301 g/mol. The molecule has 1 aromatic heterocycles. The molecule has 0 amide bonds. The molecule has 6 heteroatoms. The molecule has 0 bridgehead atoms. The minimum Gasteiger partial charge on any atom is -0.396 e. The van der Waals surface area contributed by atoms with Crippen LogP contribution < -0.4 is 5.73 Å². The predicted octanol–water partition coefficient (Wildman–Crippen LogP) is 3.85. The standard InChI is InChI=1S/C15H12FN3OS/c1-21-11-5-2-9(3-6-11)14-18-15(20-19-14)10-4-7-12(16)13(17)8-10/h2-8H,17H2,1H3. The van der Waals surface area contributed by atoms with Gasteiger partial charge in [-0.1, -0.05) is 5.16 Å². The Bertz CT molecular complexity index is 771. The van der Waals surface area contributed by atoms with Crippen LogP contribution in [-0.4, -0.2) is 16.4 Å². The normalized spacial score (nSPS) is 10.8. The van der Waals surface area contributed by atoms with Crippen LogP contribution in [0, 0.1) is 5.82 Å². The van der Waals surface area contributed by atoms with Crippen molar-refractivity contribution in [3.63, 3.8) is 0 Å². The fourth-order valence-electron chi connectivity index (χ4n) is 1.87. The van der Waals surface area contributed by atoms with Crippen LogP contribution in [0.25, 0.3) is 22.8 Å². The summed E-state index contributed by atoms with van der Waals surface area (Å²) in [6, 6.07) is 12.2. The number of anilines is 1. The zero-order chi connectivity index (χ0) is 14.8. The van der Waals surface area contributed by atoms with Gasteiger partial charge in [0.2, 0.25) is 5.82 Å². The van der Waals surface area contributed by atoms with E-state index in [2.05, 4.69) is 10.1 Å². The summed E-state index contributed by atoms with van der Waals surface area (Å²) >= 11 is 1.66. The van der Waals surface area contributed by atoms with E-state index in [1.165, 1.54) is 12.1 Å². The largest absolute Gasteiger partial charge is 0.396 e. The minimum absolute atomic E-state index is 0.0524. The van der Waals surface area contributed by atoms with Gasteiger partial charge in [-0.2, -0.15) is 4.98 Å². The lowest BCUT2D eigenvalue weighted by atomic mass is 10.2. The molecule has 0 atom stereocenters. The van der Waals surface area contributed by atoms with Gasteiger partial charge >= 0.3 is 0 Å². The van der Waals surface area contributed by atoms with Crippen molar-refractivity contribution in [3.05, 3.63) is 48.3 Å². The Balaban J connectivity index is 1.93. The number of nitrogen functional groups attached to an aromatic ring is 1. The van der Waals surface area contributed by atoms with Crippen molar-refractivity contribution in [2.75, 3.05) is 12.0 Å². The molecule has 0 spiro atoms. The lowest BCUT2D eigenvalue weighted by Crippen LogP contribution is -1.90. The molecule has 4 nitrogen and oxygen atoms in total. The Morgan fingerprint density at radius 1 is 1.10 bits per heavy atom. The molecule has 2 aromatic carbocycles. The molecule has 106 valence electrons. The molecule has 0 aliphatic carbocycles. The first-order valence-corrected chi connectivity index (χ1v) is 7.43. The third kappa shape index (κ3) is 2.75. The molecular weight excluding hydrogens is 289 g/mol. The van der Waals surface area contributed by atoms with E-state index in [1.54, 1.807) is 17.8 Å². The summed E-state index contributed by atoms with van der Waals surface area (Å²) in [5.74, 6) is 0.331. The Labute approximate surface area is 125 Å². The van der Waals surface area contributed by atoms with Crippen LogP contribution in [0.2, 0.25) is 0 Å². The predicted molar refractivity (Wildman–Crippen MR) is 81.3 cm³/mol. The smallest absolute Gasteiger partial charge is 0.258 e. The summed E-state index contributed by atoms with van der Waals surface area (Å²) in [6.45, 7) is 0. The number of aromatic nitrogens is 2. The molecule has 0 aliphatic heterocycles. The number of benzene rings is 2. The van der Waals surface area contributed by atoms with E-state index in [4.69, 9.17) is 10.3 Å². The van der Waals surface area contributed by atoms with E-state index in [-0.39, 0.29) is 5.69 Å². The Morgan fingerprint density at radius 2 is 1.81 bits per heavy atom. The lowest BCUT2D eigenvalue weighted by molar-refractivity contribution is 0.432. The lowest BCUT2D eigenvalue weighted by Gasteiger charge is -1.98. The van der Waals surface area contributed by atoms with Gasteiger partial charge in [-0.25, -0.2) is 4.39 Å². The zero-order valence-electron chi connectivity index (χ0n) is 11.2. The molecule has 3 aromatic rings. The van der Waals surface area contributed by atoms with Crippen molar-refractivity contribution in [3.8, 4) is 22.8 Å². The molecule has 1 heterocycles. The number of nitrogens with zero attached hydrogens (tertiary/aromatic N) is 2. The van der Waals surface area contributed by atoms with Gasteiger partial charge in [-0.05, 0) is 48.7 Å². The summed E-state index contributed by atoms with van der Waals surface area (Å²) in [5.41, 5.74) is 7.04. The van der Waals surface area contributed by atoms with Gasteiger partial charge in [0.1, 0.15) is 5.82 Å². The first kappa shape index (κ1) is 13.6. The van der Waals surface area contributed by atoms with Crippen LogP contribution in [0.3, 0.4) is 0 Å². The summed E-state index contributed by atoms with van der Waals surface area (Å²) in [6.07, 6.45) is 2.01. The van der Waals surface area contributed by atoms with Gasteiger partial charge in [-0.3, -0.25) is 0 Å². The topological polar surface area (TPSA) is 64.9 Å². The maximum atomic E-state index is 13.2. The summed E-state index contributed by atoms with van der Waals surface area (Å²) < 4.78 is 18.4. The second-order valence-electron chi connectivity index (χ2n) is 4.39. The SMILES string of the molecule is CSc1ccc(-c2noc(-c3ccc(F)c(N)c3)n2)cc1. The molecule has 0 aliphatic rings. The first-order valence-electron chi connectivity index (χ1n) is 6.21. The van der Waals surface area contributed by atoms with E-state index < -0.39 is 5.82 Å². The fraction of sp³-hybridized carbons (Fsp3) is 0.0667. The molecule has 0 saturated carbocycles. The molecule has 3 rings (SSSR count). The Morgan fingerprint density at radius 3 is 2.48 bits per heavy atom. The van der Waals surface area contributed by atoms with Crippen LogP contribution in [0.5, 0.6) is 0 Å². The highest BCUT2D eigenvalue weighted by molar-refractivity contribution is 7.98. The number of rotatable bonds is 3. The van der Waals surface area contributed by atoms with Crippen molar-refractivity contribution < 1.29 is 8.91 Å². The van der Waals surface area contributed by atoms with E-state index in [0.717, 1.165) is 10.5 Å². The Hall–Kier alpha value is -2.34. The van der Waals surface area contributed by atoms with Crippen molar-refractivity contribution in [2.45, 2.75) is 4.90 Å². The number of hydrogen-bond acceptors (Lipinski definition) is 5. The molecule has 0 saturated heterocycles. The highest BCUT2D eigenvalue weighted by Gasteiger charge is 2.12. The van der Waals surface area contributed by atoms with Gasteiger partial charge in [0.05, 0.1) is 5.69 Å². The van der Waals surface area contributed by atoms with E-state index in [0.29, 0.717) is 17.3 Å². The molecule has 21 heavy (non-hydrogen) atoms. The second-order valence-corrected chi connectivity index (χ2v) is 5.27.